The molecular weight excluding hydrogens is 344 g/mol. The van der Waals surface area contributed by atoms with Gasteiger partial charge < -0.3 is 24.6 Å². The Balaban J connectivity index is 1.38. The second-order valence-electron chi connectivity index (χ2n) is 6.78. The average Bonchev–Trinajstić information content (AvgIpc) is 2.69. The summed E-state index contributed by atoms with van der Waals surface area (Å²) in [6, 6.07) is 15.0. The van der Waals surface area contributed by atoms with Crippen LogP contribution in [0.1, 0.15) is 5.56 Å². The lowest BCUT2D eigenvalue weighted by atomic mass is 10.2. The molecule has 0 radical (unpaired) electrons. The second kappa shape index (κ2) is 9.60. The van der Waals surface area contributed by atoms with Crippen LogP contribution in [0.4, 0.5) is 5.69 Å². The predicted octanol–water partition coefficient (Wildman–Crippen LogP) is 2.10. The van der Waals surface area contributed by atoms with E-state index in [0.29, 0.717) is 19.8 Å². The van der Waals surface area contributed by atoms with Crippen LogP contribution in [0.3, 0.4) is 0 Å². The minimum absolute atomic E-state index is 0.286. The molecule has 6 heteroatoms. The monoisotopic (exact) mass is 372 g/mol. The molecule has 27 heavy (non-hydrogen) atoms. The minimum atomic E-state index is -0.514. The van der Waals surface area contributed by atoms with Crippen LogP contribution in [-0.2, 0) is 11.3 Å². The molecule has 1 aliphatic heterocycles. The van der Waals surface area contributed by atoms with E-state index in [2.05, 4.69) is 9.80 Å². The number of hydrogen-bond acceptors (Lipinski definition) is 6. The highest BCUT2D eigenvalue weighted by atomic mass is 16.5. The van der Waals surface area contributed by atoms with Gasteiger partial charge >= 0.3 is 0 Å². The highest BCUT2D eigenvalue weighted by Gasteiger charge is 2.19. The first-order valence-corrected chi connectivity index (χ1v) is 9.30. The van der Waals surface area contributed by atoms with Gasteiger partial charge in [0.05, 0.1) is 26.4 Å². The lowest BCUT2D eigenvalue weighted by molar-refractivity contribution is 0.00866. The number of aliphatic hydroxyl groups is 1. The van der Waals surface area contributed by atoms with E-state index in [4.69, 9.17) is 9.47 Å². The number of piperazine rings is 1. The lowest BCUT2D eigenvalue weighted by Gasteiger charge is -2.36. The SMILES string of the molecule is COc1ccccc1COCC(O)CN1CCN(c2ccc(O)cc2)CC1. The number of aromatic hydroxyl groups is 1. The van der Waals surface area contributed by atoms with Gasteiger partial charge in [0, 0.05) is 44.0 Å². The van der Waals surface area contributed by atoms with Crippen molar-refractivity contribution in [3.63, 3.8) is 0 Å². The Morgan fingerprint density at radius 2 is 1.70 bits per heavy atom. The summed E-state index contributed by atoms with van der Waals surface area (Å²) in [5, 5.41) is 19.7. The number of phenolic OH excluding ortho intramolecular Hbond substituents is 1. The third-order valence-electron chi connectivity index (χ3n) is 4.82. The molecule has 146 valence electrons. The number of anilines is 1. The largest absolute Gasteiger partial charge is 0.508 e. The molecule has 1 fully saturated rings. The molecule has 0 saturated carbocycles. The number of phenols is 1. The van der Waals surface area contributed by atoms with Crippen molar-refractivity contribution < 1.29 is 19.7 Å². The first-order chi connectivity index (χ1) is 13.2. The van der Waals surface area contributed by atoms with Gasteiger partial charge in [0.25, 0.3) is 0 Å². The third kappa shape index (κ3) is 5.60. The van der Waals surface area contributed by atoms with E-state index in [1.807, 2.05) is 36.4 Å². The van der Waals surface area contributed by atoms with Gasteiger partial charge in [0.15, 0.2) is 0 Å². The van der Waals surface area contributed by atoms with Crippen LogP contribution in [0, 0.1) is 0 Å². The van der Waals surface area contributed by atoms with Crippen molar-refractivity contribution in [1.82, 2.24) is 4.90 Å². The van der Waals surface area contributed by atoms with Crippen molar-refractivity contribution in [3.05, 3.63) is 54.1 Å². The van der Waals surface area contributed by atoms with Crippen LogP contribution >= 0.6 is 0 Å². The normalized spacial score (nSPS) is 16.3. The molecule has 0 bridgehead atoms. The predicted molar refractivity (Wildman–Crippen MR) is 105 cm³/mol. The Hall–Kier alpha value is -2.28. The zero-order chi connectivity index (χ0) is 19.1. The number of hydrogen-bond donors (Lipinski definition) is 2. The fourth-order valence-electron chi connectivity index (χ4n) is 3.33. The third-order valence-corrected chi connectivity index (χ3v) is 4.82. The highest BCUT2D eigenvalue weighted by molar-refractivity contribution is 5.49. The van der Waals surface area contributed by atoms with Crippen LogP contribution in [-0.4, -0.2) is 67.7 Å². The summed E-state index contributed by atoms with van der Waals surface area (Å²) in [6.45, 7) is 4.93. The molecule has 2 N–H and O–H groups in total. The Morgan fingerprint density at radius 1 is 1.00 bits per heavy atom. The average molecular weight is 372 g/mol. The molecule has 2 aromatic rings. The van der Waals surface area contributed by atoms with Gasteiger partial charge in [0.1, 0.15) is 11.5 Å². The van der Waals surface area contributed by atoms with Crippen LogP contribution in [0.5, 0.6) is 11.5 Å². The summed E-state index contributed by atoms with van der Waals surface area (Å²) in [7, 11) is 1.64. The van der Waals surface area contributed by atoms with E-state index in [-0.39, 0.29) is 5.75 Å². The molecular formula is C21H28N2O4. The van der Waals surface area contributed by atoms with Crippen LogP contribution < -0.4 is 9.64 Å². The van der Waals surface area contributed by atoms with Crippen molar-refractivity contribution in [2.45, 2.75) is 12.7 Å². The van der Waals surface area contributed by atoms with Gasteiger partial charge in [0.2, 0.25) is 0 Å². The molecule has 1 atom stereocenters. The minimum Gasteiger partial charge on any atom is -0.508 e. The molecule has 1 aliphatic rings. The molecule has 0 aliphatic carbocycles. The fraction of sp³-hybridized carbons (Fsp3) is 0.429. The second-order valence-corrected chi connectivity index (χ2v) is 6.78. The van der Waals surface area contributed by atoms with Gasteiger partial charge in [-0.2, -0.15) is 0 Å². The number of benzene rings is 2. The Bertz CT molecular complexity index is 700. The molecule has 0 amide bonds. The Morgan fingerprint density at radius 3 is 2.41 bits per heavy atom. The van der Waals surface area contributed by atoms with Crippen LogP contribution in [0.2, 0.25) is 0 Å². The van der Waals surface area contributed by atoms with Gasteiger partial charge in [-0.3, -0.25) is 4.90 Å². The summed E-state index contributed by atoms with van der Waals surface area (Å²) >= 11 is 0. The summed E-state index contributed by atoms with van der Waals surface area (Å²) in [5.41, 5.74) is 2.10. The lowest BCUT2D eigenvalue weighted by Crippen LogP contribution is -2.49. The number of rotatable bonds is 8. The fourth-order valence-corrected chi connectivity index (χ4v) is 3.33. The van der Waals surface area contributed by atoms with Gasteiger partial charge in [-0.1, -0.05) is 18.2 Å². The molecule has 2 aromatic carbocycles. The standard InChI is InChI=1S/C21H28N2O4/c1-26-21-5-3-2-4-17(21)15-27-16-20(25)14-22-10-12-23(13-11-22)18-6-8-19(24)9-7-18/h2-9,20,24-25H,10-16H2,1H3. The van der Waals surface area contributed by atoms with Crippen molar-refractivity contribution in [3.8, 4) is 11.5 Å². The van der Waals surface area contributed by atoms with Crippen molar-refractivity contribution in [1.29, 1.82) is 0 Å². The van der Waals surface area contributed by atoms with Crippen molar-refractivity contribution in [2.75, 3.05) is 51.3 Å². The maximum absolute atomic E-state index is 10.3. The van der Waals surface area contributed by atoms with E-state index in [9.17, 15) is 10.2 Å². The van der Waals surface area contributed by atoms with Crippen molar-refractivity contribution >= 4 is 5.69 Å². The molecule has 1 unspecified atom stereocenters. The number of ether oxygens (including phenoxy) is 2. The zero-order valence-electron chi connectivity index (χ0n) is 15.8. The van der Waals surface area contributed by atoms with Crippen molar-refractivity contribution in [2.24, 2.45) is 0 Å². The molecule has 1 saturated heterocycles. The number of aliphatic hydroxyl groups excluding tert-OH is 1. The first kappa shape index (κ1) is 19.5. The van der Waals surface area contributed by atoms with Gasteiger partial charge in [-0.15, -0.1) is 0 Å². The van der Waals surface area contributed by atoms with Crippen LogP contribution in [0.15, 0.2) is 48.5 Å². The van der Waals surface area contributed by atoms with E-state index in [1.54, 1.807) is 19.2 Å². The van der Waals surface area contributed by atoms with E-state index < -0.39 is 6.10 Å². The molecule has 6 nitrogen and oxygen atoms in total. The summed E-state index contributed by atoms with van der Waals surface area (Å²) < 4.78 is 11.0. The number of nitrogens with zero attached hydrogens (tertiary/aromatic N) is 2. The maximum Gasteiger partial charge on any atom is 0.124 e. The van der Waals surface area contributed by atoms with Gasteiger partial charge in [-0.25, -0.2) is 0 Å². The Kier molecular flexibility index (Phi) is 6.92. The number of β-amino-alcohol motifs (C(OH)–C–C–N with tert-alkyl or cyclic N) is 1. The zero-order valence-corrected chi connectivity index (χ0v) is 15.8. The molecule has 3 rings (SSSR count). The summed E-state index contributed by atoms with van der Waals surface area (Å²) in [6.07, 6.45) is -0.514. The smallest absolute Gasteiger partial charge is 0.124 e. The summed E-state index contributed by atoms with van der Waals surface area (Å²) in [4.78, 5) is 4.55. The maximum atomic E-state index is 10.3. The topological polar surface area (TPSA) is 65.4 Å². The van der Waals surface area contributed by atoms with E-state index >= 15 is 0 Å². The Labute approximate surface area is 160 Å². The molecule has 1 heterocycles. The highest BCUT2D eigenvalue weighted by Crippen LogP contribution is 2.20. The molecule has 0 aromatic heterocycles. The number of methoxy groups -OCH3 is 1. The number of para-hydroxylation sites is 1. The van der Waals surface area contributed by atoms with E-state index in [1.165, 1.54) is 0 Å². The summed E-state index contributed by atoms with van der Waals surface area (Å²) in [5.74, 6) is 1.09. The molecule has 0 spiro atoms. The first-order valence-electron chi connectivity index (χ1n) is 9.30. The quantitative estimate of drug-likeness (QED) is 0.740. The van der Waals surface area contributed by atoms with E-state index in [0.717, 1.165) is 43.2 Å². The van der Waals surface area contributed by atoms with Crippen LogP contribution in [0.25, 0.3) is 0 Å². The van der Waals surface area contributed by atoms with Gasteiger partial charge in [-0.05, 0) is 30.3 Å².